The van der Waals surface area contributed by atoms with E-state index in [0.29, 0.717) is 16.6 Å². The van der Waals surface area contributed by atoms with Crippen LogP contribution in [0.15, 0.2) is 24.3 Å². The fourth-order valence-electron chi connectivity index (χ4n) is 1.62. The topological polar surface area (TPSA) is 73.3 Å². The van der Waals surface area contributed by atoms with E-state index in [0.717, 1.165) is 10.6 Å². The minimum Gasteiger partial charge on any atom is -0.493 e. The van der Waals surface area contributed by atoms with Crippen molar-refractivity contribution in [2.24, 2.45) is 0 Å². The van der Waals surface area contributed by atoms with E-state index in [4.69, 9.17) is 9.47 Å². The van der Waals surface area contributed by atoms with Crippen LogP contribution in [0.2, 0.25) is 0 Å². The average molecular weight is 305 g/mol. The van der Waals surface area contributed by atoms with Gasteiger partial charge in [-0.15, -0.1) is 10.2 Å². The van der Waals surface area contributed by atoms with E-state index in [1.54, 1.807) is 32.4 Å². The zero-order valence-electron chi connectivity index (χ0n) is 11.9. The summed E-state index contributed by atoms with van der Waals surface area (Å²) in [6.45, 7) is 1.83. The van der Waals surface area contributed by atoms with Crippen LogP contribution in [0.1, 0.15) is 10.6 Å². The third-order valence-corrected chi connectivity index (χ3v) is 3.35. The molecule has 0 radical (unpaired) electrons. The van der Waals surface area contributed by atoms with Crippen LogP contribution < -0.4 is 14.8 Å². The van der Waals surface area contributed by atoms with E-state index in [-0.39, 0.29) is 5.91 Å². The number of amides is 1. The Morgan fingerprint density at radius 3 is 2.62 bits per heavy atom. The van der Waals surface area contributed by atoms with Crippen molar-refractivity contribution in [1.29, 1.82) is 0 Å². The summed E-state index contributed by atoms with van der Waals surface area (Å²) in [5.41, 5.74) is 0.830. The molecule has 2 rings (SSSR count). The van der Waals surface area contributed by atoms with Crippen LogP contribution in [-0.4, -0.2) is 30.3 Å². The van der Waals surface area contributed by atoms with Crippen molar-refractivity contribution in [3.05, 3.63) is 34.8 Å². The molecule has 0 bridgehead atoms. The minimum atomic E-state index is -0.263. The molecule has 0 aliphatic carbocycles. The van der Waals surface area contributed by atoms with Crippen LogP contribution in [0.25, 0.3) is 6.08 Å². The number of benzene rings is 1. The summed E-state index contributed by atoms with van der Waals surface area (Å²) in [4.78, 5) is 11.8. The smallest absolute Gasteiger partial charge is 0.250 e. The maximum atomic E-state index is 11.8. The molecule has 1 aromatic heterocycles. The second-order valence-electron chi connectivity index (χ2n) is 4.06. The molecule has 1 amide bonds. The lowest BCUT2D eigenvalue weighted by molar-refractivity contribution is -0.111. The Morgan fingerprint density at radius 1 is 1.24 bits per heavy atom. The van der Waals surface area contributed by atoms with Crippen LogP contribution in [0, 0.1) is 6.92 Å². The Morgan fingerprint density at radius 2 is 2.00 bits per heavy atom. The third-order valence-electron chi connectivity index (χ3n) is 2.59. The molecule has 1 aromatic carbocycles. The number of hydrogen-bond acceptors (Lipinski definition) is 6. The van der Waals surface area contributed by atoms with Gasteiger partial charge in [0.15, 0.2) is 11.5 Å². The molecule has 0 saturated heterocycles. The number of ether oxygens (including phenoxy) is 2. The normalized spacial score (nSPS) is 10.6. The van der Waals surface area contributed by atoms with Crippen LogP contribution in [-0.2, 0) is 4.79 Å². The molecule has 2 aromatic rings. The lowest BCUT2D eigenvalue weighted by Gasteiger charge is -2.07. The lowest BCUT2D eigenvalue weighted by Crippen LogP contribution is -2.07. The second-order valence-corrected chi connectivity index (χ2v) is 5.24. The van der Waals surface area contributed by atoms with Gasteiger partial charge in [-0.25, -0.2) is 0 Å². The van der Waals surface area contributed by atoms with Gasteiger partial charge in [0.05, 0.1) is 14.2 Å². The summed E-state index contributed by atoms with van der Waals surface area (Å²) in [5.74, 6) is 0.990. The zero-order chi connectivity index (χ0) is 15.2. The van der Waals surface area contributed by atoms with Crippen molar-refractivity contribution in [2.75, 3.05) is 19.5 Å². The molecule has 6 nitrogen and oxygen atoms in total. The van der Waals surface area contributed by atoms with Gasteiger partial charge < -0.3 is 9.47 Å². The van der Waals surface area contributed by atoms with Crippen LogP contribution >= 0.6 is 11.3 Å². The van der Waals surface area contributed by atoms with Gasteiger partial charge in [-0.1, -0.05) is 17.4 Å². The molecule has 0 unspecified atom stereocenters. The SMILES string of the molecule is COc1ccc(C=CC(=O)Nc2nnc(C)s2)cc1OC. The highest BCUT2D eigenvalue weighted by atomic mass is 32.1. The van der Waals surface area contributed by atoms with Crippen molar-refractivity contribution in [2.45, 2.75) is 6.92 Å². The first-order valence-corrected chi connectivity index (χ1v) is 6.95. The van der Waals surface area contributed by atoms with Gasteiger partial charge in [0.2, 0.25) is 11.0 Å². The molecule has 21 heavy (non-hydrogen) atoms. The average Bonchev–Trinajstić information content (AvgIpc) is 2.89. The monoisotopic (exact) mass is 305 g/mol. The van der Waals surface area contributed by atoms with Gasteiger partial charge in [0, 0.05) is 6.08 Å². The summed E-state index contributed by atoms with van der Waals surface area (Å²) in [6.07, 6.45) is 3.11. The Kier molecular flexibility index (Phi) is 4.89. The molecule has 0 atom stereocenters. The third kappa shape index (κ3) is 4.03. The predicted molar refractivity (Wildman–Crippen MR) is 81.9 cm³/mol. The van der Waals surface area contributed by atoms with Crippen LogP contribution in [0.3, 0.4) is 0 Å². The summed E-state index contributed by atoms with van der Waals surface area (Å²) in [5, 5.41) is 11.6. The molecule has 7 heteroatoms. The predicted octanol–water partition coefficient (Wildman–Crippen LogP) is 2.52. The highest BCUT2D eigenvalue weighted by Gasteiger charge is 2.05. The number of nitrogens with zero attached hydrogens (tertiary/aromatic N) is 2. The van der Waals surface area contributed by atoms with E-state index in [1.807, 2.05) is 13.0 Å². The van der Waals surface area contributed by atoms with Crippen molar-refractivity contribution in [3.8, 4) is 11.5 Å². The molecular weight excluding hydrogens is 290 g/mol. The maximum Gasteiger partial charge on any atom is 0.250 e. The molecule has 1 N–H and O–H groups in total. The first kappa shape index (κ1) is 15.0. The summed E-state index contributed by atoms with van der Waals surface area (Å²) in [6, 6.07) is 5.41. The lowest BCUT2D eigenvalue weighted by atomic mass is 10.2. The van der Waals surface area contributed by atoms with Gasteiger partial charge >= 0.3 is 0 Å². The number of methoxy groups -OCH3 is 2. The summed E-state index contributed by atoms with van der Waals surface area (Å²) >= 11 is 1.32. The largest absolute Gasteiger partial charge is 0.493 e. The number of aryl methyl sites for hydroxylation is 1. The van der Waals surface area contributed by atoms with Crippen molar-refractivity contribution in [1.82, 2.24) is 10.2 Å². The Labute approximate surface area is 126 Å². The van der Waals surface area contributed by atoms with Crippen LogP contribution in [0.4, 0.5) is 5.13 Å². The Balaban J connectivity index is 2.04. The van der Waals surface area contributed by atoms with Gasteiger partial charge in [-0.05, 0) is 30.7 Å². The number of rotatable bonds is 5. The quantitative estimate of drug-likeness (QED) is 0.859. The molecule has 1 heterocycles. The standard InChI is InChI=1S/C14H15N3O3S/c1-9-16-17-14(21-9)15-13(18)7-5-10-4-6-11(19-2)12(8-10)20-3/h4-8H,1-3H3,(H,15,17,18). The van der Waals surface area contributed by atoms with E-state index in [9.17, 15) is 4.79 Å². The number of carbonyl (C=O) groups is 1. The number of hydrogen-bond donors (Lipinski definition) is 1. The molecule has 0 aliphatic rings. The van der Waals surface area contributed by atoms with E-state index in [1.165, 1.54) is 17.4 Å². The molecule has 0 saturated carbocycles. The van der Waals surface area contributed by atoms with Crippen molar-refractivity contribution >= 4 is 28.5 Å². The number of nitrogens with one attached hydrogen (secondary N) is 1. The number of carbonyl (C=O) groups excluding carboxylic acids is 1. The number of aromatic nitrogens is 2. The first-order chi connectivity index (χ1) is 10.1. The molecule has 0 fully saturated rings. The molecule has 0 spiro atoms. The fourth-order valence-corrected chi connectivity index (χ4v) is 2.22. The molecular formula is C14H15N3O3S. The van der Waals surface area contributed by atoms with Gasteiger partial charge in [-0.2, -0.15) is 0 Å². The Hall–Kier alpha value is -2.41. The second kappa shape index (κ2) is 6.85. The highest BCUT2D eigenvalue weighted by molar-refractivity contribution is 7.15. The summed E-state index contributed by atoms with van der Waals surface area (Å²) in [7, 11) is 3.14. The van der Waals surface area contributed by atoms with E-state index < -0.39 is 0 Å². The molecule has 0 aliphatic heterocycles. The van der Waals surface area contributed by atoms with Gasteiger partial charge in [0.1, 0.15) is 5.01 Å². The summed E-state index contributed by atoms with van der Waals surface area (Å²) < 4.78 is 10.4. The van der Waals surface area contributed by atoms with Crippen LogP contribution in [0.5, 0.6) is 11.5 Å². The van der Waals surface area contributed by atoms with Crippen molar-refractivity contribution < 1.29 is 14.3 Å². The van der Waals surface area contributed by atoms with E-state index >= 15 is 0 Å². The maximum absolute atomic E-state index is 11.8. The molecule has 110 valence electrons. The Bertz CT molecular complexity index is 667. The number of anilines is 1. The minimum absolute atomic E-state index is 0.263. The van der Waals surface area contributed by atoms with E-state index in [2.05, 4.69) is 15.5 Å². The van der Waals surface area contributed by atoms with Gasteiger partial charge in [0.25, 0.3) is 0 Å². The van der Waals surface area contributed by atoms with Gasteiger partial charge in [-0.3, -0.25) is 10.1 Å². The first-order valence-electron chi connectivity index (χ1n) is 6.13. The van der Waals surface area contributed by atoms with Crippen molar-refractivity contribution in [3.63, 3.8) is 0 Å². The highest BCUT2D eigenvalue weighted by Crippen LogP contribution is 2.27. The zero-order valence-corrected chi connectivity index (χ0v) is 12.7. The fraction of sp³-hybridized carbons (Fsp3) is 0.214.